The molecule has 2 aromatic carbocycles. The number of aliphatic imine (C=N–C) groups is 1. The van der Waals surface area contributed by atoms with Gasteiger partial charge in [0.1, 0.15) is 17.3 Å². The molecule has 0 aliphatic rings. The van der Waals surface area contributed by atoms with Gasteiger partial charge in [-0.1, -0.05) is 12.1 Å². The first-order chi connectivity index (χ1) is 12.2. The second-order valence-electron chi connectivity index (χ2n) is 5.40. The van der Waals surface area contributed by atoms with Crippen LogP contribution in [0.5, 0.6) is 11.5 Å². The molecule has 0 radical (unpaired) electrons. The van der Waals surface area contributed by atoms with Gasteiger partial charge in [-0.3, -0.25) is 4.99 Å². The minimum atomic E-state index is -0.280. The van der Waals surface area contributed by atoms with E-state index in [4.69, 9.17) is 9.47 Å². The van der Waals surface area contributed by atoms with Crippen LogP contribution in [0.15, 0.2) is 53.5 Å². The van der Waals surface area contributed by atoms with Crippen LogP contribution in [0.3, 0.4) is 0 Å². The summed E-state index contributed by atoms with van der Waals surface area (Å²) in [6.07, 6.45) is 0.923. The number of hydrogen-bond donors (Lipinski definition) is 2. The van der Waals surface area contributed by atoms with E-state index in [1.165, 1.54) is 12.1 Å². The highest BCUT2D eigenvalue weighted by Gasteiger charge is 2.01. The van der Waals surface area contributed by atoms with Crippen molar-refractivity contribution < 1.29 is 13.9 Å². The molecule has 2 rings (SSSR count). The van der Waals surface area contributed by atoms with E-state index >= 15 is 0 Å². The minimum absolute atomic E-state index is 0.280. The molecular formula is C19H24FN3O2. The molecule has 0 spiro atoms. The van der Waals surface area contributed by atoms with Crippen LogP contribution in [0.25, 0.3) is 0 Å². The first-order valence-electron chi connectivity index (χ1n) is 8.17. The Labute approximate surface area is 147 Å². The van der Waals surface area contributed by atoms with Gasteiger partial charge >= 0.3 is 0 Å². The van der Waals surface area contributed by atoms with Crippen molar-refractivity contribution in [2.24, 2.45) is 4.99 Å². The second kappa shape index (κ2) is 10.3. The summed E-state index contributed by atoms with van der Waals surface area (Å²) in [5, 5.41) is 6.48. The van der Waals surface area contributed by atoms with Crippen LogP contribution < -0.4 is 15.4 Å². The highest BCUT2D eigenvalue weighted by molar-refractivity contribution is 5.79. The van der Waals surface area contributed by atoms with Crippen LogP contribution in [-0.2, 0) is 11.3 Å². The summed E-state index contributed by atoms with van der Waals surface area (Å²) in [7, 11) is 3.43. The Morgan fingerprint density at radius 2 is 1.64 bits per heavy atom. The van der Waals surface area contributed by atoms with Crippen LogP contribution in [0.2, 0.25) is 0 Å². The predicted octanol–water partition coefficient (Wildman–Crippen LogP) is 3.32. The summed E-state index contributed by atoms with van der Waals surface area (Å²) < 4.78 is 23.6. The van der Waals surface area contributed by atoms with E-state index in [1.807, 2.05) is 24.3 Å². The van der Waals surface area contributed by atoms with Gasteiger partial charge in [0.25, 0.3) is 0 Å². The highest BCUT2D eigenvalue weighted by atomic mass is 19.1. The molecule has 2 aromatic rings. The van der Waals surface area contributed by atoms with Crippen molar-refractivity contribution in [3.63, 3.8) is 0 Å². The van der Waals surface area contributed by atoms with Crippen molar-refractivity contribution in [1.29, 1.82) is 0 Å². The van der Waals surface area contributed by atoms with Crippen LogP contribution in [-0.4, -0.2) is 33.3 Å². The normalized spacial score (nSPS) is 11.2. The molecule has 0 aliphatic heterocycles. The molecule has 6 heteroatoms. The molecule has 134 valence electrons. The number of guanidine groups is 1. The summed E-state index contributed by atoms with van der Waals surface area (Å²) in [5.74, 6) is 1.78. The van der Waals surface area contributed by atoms with E-state index in [2.05, 4.69) is 15.6 Å². The summed E-state index contributed by atoms with van der Waals surface area (Å²) in [6, 6.07) is 13.7. The Hall–Kier alpha value is -2.60. The van der Waals surface area contributed by atoms with Crippen LogP contribution in [0, 0.1) is 5.82 Å². The van der Waals surface area contributed by atoms with Crippen molar-refractivity contribution in [3.05, 3.63) is 59.9 Å². The summed E-state index contributed by atoms with van der Waals surface area (Å²) >= 11 is 0. The maximum absolute atomic E-state index is 12.9. The quantitative estimate of drug-likeness (QED) is 0.438. The van der Waals surface area contributed by atoms with Gasteiger partial charge in [-0.15, -0.1) is 0 Å². The lowest BCUT2D eigenvalue weighted by molar-refractivity contribution is 0.195. The van der Waals surface area contributed by atoms with Crippen LogP contribution in [0.4, 0.5) is 4.39 Å². The fourth-order valence-electron chi connectivity index (χ4n) is 2.14. The van der Waals surface area contributed by atoms with E-state index in [0.717, 1.165) is 31.1 Å². The predicted molar refractivity (Wildman–Crippen MR) is 97.6 cm³/mol. The molecule has 0 atom stereocenters. The molecule has 0 heterocycles. The lowest BCUT2D eigenvalue weighted by atomic mass is 10.2. The van der Waals surface area contributed by atoms with Crippen molar-refractivity contribution >= 4 is 5.96 Å². The van der Waals surface area contributed by atoms with Crippen LogP contribution >= 0.6 is 0 Å². The number of halogens is 1. The average molecular weight is 345 g/mol. The third kappa shape index (κ3) is 6.81. The summed E-state index contributed by atoms with van der Waals surface area (Å²) in [4.78, 5) is 4.18. The highest BCUT2D eigenvalue weighted by Crippen LogP contribution is 2.21. The molecule has 5 nitrogen and oxygen atoms in total. The number of nitrogens with zero attached hydrogens (tertiary/aromatic N) is 1. The molecule has 25 heavy (non-hydrogen) atoms. The lowest BCUT2D eigenvalue weighted by Gasteiger charge is -2.12. The number of rotatable bonds is 8. The third-order valence-corrected chi connectivity index (χ3v) is 3.47. The van der Waals surface area contributed by atoms with Gasteiger partial charge in [0.2, 0.25) is 0 Å². The molecule has 2 N–H and O–H groups in total. The van der Waals surface area contributed by atoms with Gasteiger partial charge < -0.3 is 20.1 Å². The molecule has 0 saturated carbocycles. The molecule has 0 amide bonds. The zero-order valence-electron chi connectivity index (χ0n) is 14.6. The number of benzene rings is 2. The molecule has 0 aromatic heterocycles. The molecule has 0 bridgehead atoms. The molecule has 0 saturated heterocycles. The molecule has 0 unspecified atom stereocenters. The average Bonchev–Trinajstić information content (AvgIpc) is 2.64. The van der Waals surface area contributed by atoms with E-state index in [0.29, 0.717) is 18.0 Å². The Balaban J connectivity index is 1.80. The monoisotopic (exact) mass is 345 g/mol. The number of methoxy groups -OCH3 is 1. The van der Waals surface area contributed by atoms with Crippen molar-refractivity contribution in [3.8, 4) is 11.5 Å². The number of ether oxygens (including phenoxy) is 2. The zero-order chi connectivity index (χ0) is 17.9. The van der Waals surface area contributed by atoms with Gasteiger partial charge in [0, 0.05) is 33.9 Å². The first-order valence-corrected chi connectivity index (χ1v) is 8.17. The van der Waals surface area contributed by atoms with Gasteiger partial charge in [0.15, 0.2) is 5.96 Å². The fourth-order valence-corrected chi connectivity index (χ4v) is 2.14. The van der Waals surface area contributed by atoms with Gasteiger partial charge in [0.05, 0.1) is 0 Å². The Morgan fingerprint density at radius 3 is 2.24 bits per heavy atom. The van der Waals surface area contributed by atoms with E-state index in [1.54, 1.807) is 26.3 Å². The summed E-state index contributed by atoms with van der Waals surface area (Å²) in [6.45, 7) is 2.18. The Kier molecular flexibility index (Phi) is 7.72. The fraction of sp³-hybridized carbons (Fsp3) is 0.316. The summed E-state index contributed by atoms with van der Waals surface area (Å²) in [5.41, 5.74) is 1.10. The largest absolute Gasteiger partial charge is 0.457 e. The van der Waals surface area contributed by atoms with Gasteiger partial charge in [-0.25, -0.2) is 4.39 Å². The smallest absolute Gasteiger partial charge is 0.191 e. The topological polar surface area (TPSA) is 54.9 Å². The molecular weight excluding hydrogens is 321 g/mol. The lowest BCUT2D eigenvalue weighted by Crippen LogP contribution is -2.37. The van der Waals surface area contributed by atoms with Gasteiger partial charge in [-0.2, -0.15) is 0 Å². The van der Waals surface area contributed by atoms with Crippen molar-refractivity contribution in [2.45, 2.75) is 13.0 Å². The van der Waals surface area contributed by atoms with E-state index in [9.17, 15) is 4.39 Å². The molecule has 0 aliphatic carbocycles. The Bertz CT molecular complexity index is 657. The minimum Gasteiger partial charge on any atom is -0.457 e. The third-order valence-electron chi connectivity index (χ3n) is 3.47. The van der Waals surface area contributed by atoms with Gasteiger partial charge in [-0.05, 0) is 48.4 Å². The van der Waals surface area contributed by atoms with Crippen molar-refractivity contribution in [1.82, 2.24) is 10.6 Å². The zero-order valence-corrected chi connectivity index (χ0v) is 14.6. The second-order valence-corrected chi connectivity index (χ2v) is 5.40. The number of hydrogen-bond acceptors (Lipinski definition) is 3. The first kappa shape index (κ1) is 18.7. The van der Waals surface area contributed by atoms with E-state index < -0.39 is 0 Å². The van der Waals surface area contributed by atoms with Crippen LogP contribution in [0.1, 0.15) is 12.0 Å². The standard InChI is InChI=1S/C19H24FN3O2/c1-21-19(22-12-3-13-24-2)23-14-15-4-8-17(9-5-15)25-18-10-6-16(20)7-11-18/h4-11H,3,12-14H2,1-2H3,(H2,21,22,23). The maximum atomic E-state index is 12.9. The van der Waals surface area contributed by atoms with Crippen molar-refractivity contribution in [2.75, 3.05) is 27.3 Å². The maximum Gasteiger partial charge on any atom is 0.191 e. The number of nitrogens with one attached hydrogen (secondary N) is 2. The molecule has 0 fully saturated rings. The Morgan fingerprint density at radius 1 is 1.00 bits per heavy atom. The van der Waals surface area contributed by atoms with E-state index in [-0.39, 0.29) is 5.82 Å². The SMILES string of the molecule is CN=C(NCCCOC)NCc1ccc(Oc2ccc(F)cc2)cc1.